The van der Waals surface area contributed by atoms with Gasteiger partial charge in [0, 0.05) is 42.9 Å². The number of rotatable bonds is 4. The van der Waals surface area contributed by atoms with Crippen LogP contribution in [0.2, 0.25) is 5.02 Å². The predicted molar refractivity (Wildman–Crippen MR) is 110 cm³/mol. The Morgan fingerprint density at radius 3 is 2.21 bits per heavy atom. The lowest BCUT2D eigenvalue weighted by Crippen LogP contribution is -2.50. The number of ether oxygens (including phenoxy) is 1. The Labute approximate surface area is 170 Å². The van der Waals surface area contributed by atoms with E-state index in [1.54, 1.807) is 0 Å². The van der Waals surface area contributed by atoms with Crippen molar-refractivity contribution in [1.29, 1.82) is 0 Å². The zero-order valence-electron chi connectivity index (χ0n) is 16.3. The van der Waals surface area contributed by atoms with E-state index in [4.69, 9.17) is 16.3 Å². The molecule has 2 amide bonds. The van der Waals surface area contributed by atoms with Crippen molar-refractivity contribution >= 4 is 29.1 Å². The van der Waals surface area contributed by atoms with Crippen molar-refractivity contribution in [3.05, 3.63) is 64.7 Å². The Bertz CT molecular complexity index is 868. The lowest BCUT2D eigenvalue weighted by Gasteiger charge is -2.43. The molecular weight excluding hydrogens is 376 g/mol. The van der Waals surface area contributed by atoms with E-state index in [1.807, 2.05) is 55.5 Å². The second kappa shape index (κ2) is 8.33. The van der Waals surface area contributed by atoms with Crippen LogP contribution in [0.3, 0.4) is 0 Å². The highest BCUT2D eigenvalue weighted by molar-refractivity contribution is 6.30. The number of anilines is 1. The molecule has 0 aromatic heterocycles. The summed E-state index contributed by atoms with van der Waals surface area (Å²) in [5.41, 5.74) is 2.32. The van der Waals surface area contributed by atoms with Crippen LogP contribution >= 0.6 is 11.6 Å². The van der Waals surface area contributed by atoms with E-state index >= 15 is 0 Å². The lowest BCUT2D eigenvalue weighted by atomic mass is 9.81. The summed E-state index contributed by atoms with van der Waals surface area (Å²) in [6.07, 6.45) is 0.932. The van der Waals surface area contributed by atoms with Crippen LogP contribution in [0.1, 0.15) is 56.9 Å². The van der Waals surface area contributed by atoms with Gasteiger partial charge in [0.1, 0.15) is 0 Å². The molecule has 1 aliphatic rings. The summed E-state index contributed by atoms with van der Waals surface area (Å²) in [5, 5.41) is 6.52. The van der Waals surface area contributed by atoms with Crippen molar-refractivity contribution in [2.75, 3.05) is 5.32 Å². The molecule has 5 nitrogen and oxygen atoms in total. The van der Waals surface area contributed by atoms with Crippen LogP contribution in [0.5, 0.6) is 0 Å². The molecule has 1 aliphatic heterocycles. The van der Waals surface area contributed by atoms with Gasteiger partial charge >= 0.3 is 0 Å². The molecule has 6 heteroatoms. The predicted octanol–water partition coefficient (Wildman–Crippen LogP) is 4.79. The van der Waals surface area contributed by atoms with Crippen LogP contribution in [0.4, 0.5) is 5.69 Å². The van der Waals surface area contributed by atoms with Crippen LogP contribution in [0.15, 0.2) is 48.5 Å². The van der Waals surface area contributed by atoms with E-state index in [0.717, 1.165) is 16.8 Å². The molecule has 0 aliphatic carbocycles. The maximum Gasteiger partial charge on any atom is 0.221 e. The molecule has 3 atom stereocenters. The minimum atomic E-state index is -0.405. The molecule has 1 fully saturated rings. The molecule has 2 N–H and O–H groups in total. The topological polar surface area (TPSA) is 67.4 Å². The first kappa shape index (κ1) is 20.4. The van der Waals surface area contributed by atoms with E-state index in [0.29, 0.717) is 17.9 Å². The summed E-state index contributed by atoms with van der Waals surface area (Å²) in [5.74, 6) is -0.171. The molecule has 28 heavy (non-hydrogen) atoms. The van der Waals surface area contributed by atoms with Gasteiger partial charge in [0.15, 0.2) is 0 Å². The van der Waals surface area contributed by atoms with Gasteiger partial charge in [-0.15, -0.1) is 0 Å². The molecule has 0 saturated carbocycles. The second-order valence-electron chi connectivity index (χ2n) is 7.62. The second-order valence-corrected chi connectivity index (χ2v) is 8.06. The van der Waals surface area contributed by atoms with Gasteiger partial charge in [0.05, 0.1) is 12.2 Å². The van der Waals surface area contributed by atoms with Crippen LogP contribution < -0.4 is 10.6 Å². The standard InChI is InChI=1S/C22H25ClN2O3/c1-14(26)24-19-9-7-16(8-10-19)20-12-22(3,25-15(2)27)13-21(28-20)17-5-4-6-18(23)11-17/h4-11,20-21H,12-13H2,1-3H3,(H,24,26)(H,25,27)/t20-,21+,22-/m1/s1. The molecule has 0 spiro atoms. The molecule has 0 radical (unpaired) electrons. The summed E-state index contributed by atoms with van der Waals surface area (Å²) in [6.45, 7) is 5.06. The van der Waals surface area contributed by atoms with Crippen LogP contribution in [-0.2, 0) is 14.3 Å². The summed E-state index contributed by atoms with van der Waals surface area (Å²) in [4.78, 5) is 23.0. The average molecular weight is 401 g/mol. The summed E-state index contributed by atoms with van der Waals surface area (Å²) < 4.78 is 6.41. The first-order valence-corrected chi connectivity index (χ1v) is 9.69. The van der Waals surface area contributed by atoms with E-state index in [2.05, 4.69) is 10.6 Å². The Morgan fingerprint density at radius 2 is 1.64 bits per heavy atom. The molecule has 1 saturated heterocycles. The van der Waals surface area contributed by atoms with Crippen molar-refractivity contribution in [2.24, 2.45) is 0 Å². The number of nitrogens with one attached hydrogen (secondary N) is 2. The normalized spacial score (nSPS) is 24.4. The number of carbonyl (C=O) groups excluding carboxylic acids is 2. The van der Waals surface area contributed by atoms with Crippen molar-refractivity contribution in [3.8, 4) is 0 Å². The third-order valence-corrected chi connectivity index (χ3v) is 5.14. The minimum absolute atomic E-state index is 0.0611. The quantitative estimate of drug-likeness (QED) is 0.775. The third-order valence-electron chi connectivity index (χ3n) is 4.90. The first-order chi connectivity index (χ1) is 13.2. The lowest BCUT2D eigenvalue weighted by molar-refractivity contribution is -0.126. The van der Waals surface area contributed by atoms with Crippen molar-refractivity contribution in [3.63, 3.8) is 0 Å². The summed E-state index contributed by atoms with van der Waals surface area (Å²) in [7, 11) is 0. The van der Waals surface area contributed by atoms with E-state index in [9.17, 15) is 9.59 Å². The molecule has 2 aromatic carbocycles. The summed E-state index contributed by atoms with van der Waals surface area (Å²) in [6, 6.07) is 15.3. The molecule has 0 unspecified atom stereocenters. The summed E-state index contributed by atoms with van der Waals surface area (Å²) >= 11 is 6.17. The molecular formula is C22H25ClN2O3. The minimum Gasteiger partial charge on any atom is -0.365 e. The molecule has 1 heterocycles. The van der Waals surface area contributed by atoms with Crippen LogP contribution in [-0.4, -0.2) is 17.4 Å². The zero-order chi connectivity index (χ0) is 20.3. The monoisotopic (exact) mass is 400 g/mol. The molecule has 0 bridgehead atoms. The number of hydrogen-bond donors (Lipinski definition) is 2. The van der Waals surface area contributed by atoms with Gasteiger partial charge in [-0.05, 0) is 42.3 Å². The van der Waals surface area contributed by atoms with Crippen LogP contribution in [0.25, 0.3) is 0 Å². The van der Waals surface area contributed by atoms with Gasteiger partial charge < -0.3 is 15.4 Å². The Kier molecular flexibility index (Phi) is 6.06. The van der Waals surface area contributed by atoms with Gasteiger partial charge in [0.2, 0.25) is 11.8 Å². The molecule has 2 aromatic rings. The third kappa shape index (κ3) is 5.12. The maximum atomic E-state index is 11.8. The van der Waals surface area contributed by atoms with Crippen molar-refractivity contribution < 1.29 is 14.3 Å². The fourth-order valence-corrected chi connectivity index (χ4v) is 4.01. The van der Waals surface area contributed by atoms with Gasteiger partial charge in [0.25, 0.3) is 0 Å². The van der Waals surface area contributed by atoms with Gasteiger partial charge in [-0.3, -0.25) is 9.59 Å². The largest absolute Gasteiger partial charge is 0.365 e. The highest BCUT2D eigenvalue weighted by atomic mass is 35.5. The van der Waals surface area contributed by atoms with Gasteiger partial charge in [-0.1, -0.05) is 35.9 Å². The van der Waals surface area contributed by atoms with Crippen molar-refractivity contribution in [2.45, 2.75) is 51.4 Å². The van der Waals surface area contributed by atoms with E-state index in [-0.39, 0.29) is 24.0 Å². The maximum absolute atomic E-state index is 11.8. The number of benzene rings is 2. The van der Waals surface area contributed by atoms with E-state index in [1.165, 1.54) is 13.8 Å². The highest BCUT2D eigenvalue weighted by Crippen LogP contribution is 2.44. The number of halogens is 1. The Hall–Kier alpha value is -2.37. The number of hydrogen-bond acceptors (Lipinski definition) is 3. The fraction of sp³-hybridized carbons (Fsp3) is 0.364. The highest BCUT2D eigenvalue weighted by Gasteiger charge is 2.39. The zero-order valence-corrected chi connectivity index (χ0v) is 17.0. The average Bonchev–Trinajstić information content (AvgIpc) is 2.60. The van der Waals surface area contributed by atoms with E-state index < -0.39 is 5.54 Å². The first-order valence-electron chi connectivity index (χ1n) is 9.31. The Morgan fingerprint density at radius 1 is 1.00 bits per heavy atom. The van der Waals surface area contributed by atoms with Gasteiger partial charge in [-0.25, -0.2) is 0 Å². The fourth-order valence-electron chi connectivity index (χ4n) is 3.81. The smallest absolute Gasteiger partial charge is 0.221 e. The molecule has 148 valence electrons. The van der Waals surface area contributed by atoms with Crippen LogP contribution in [0, 0.1) is 0 Å². The number of amides is 2. The Balaban J connectivity index is 1.88. The number of carbonyl (C=O) groups is 2. The SMILES string of the molecule is CC(=O)Nc1ccc([C@H]2C[C@@](C)(NC(C)=O)C[C@@H](c3cccc(Cl)c3)O2)cc1. The van der Waals surface area contributed by atoms with Crippen molar-refractivity contribution in [1.82, 2.24) is 5.32 Å². The van der Waals surface area contributed by atoms with Gasteiger partial charge in [-0.2, -0.15) is 0 Å². The molecule has 3 rings (SSSR count).